The van der Waals surface area contributed by atoms with E-state index >= 15 is 0 Å². The van der Waals surface area contributed by atoms with Crippen molar-refractivity contribution in [3.05, 3.63) is 16.9 Å². The molecule has 2 rings (SSSR count). The maximum Gasteiger partial charge on any atom is 0.314 e. The molecule has 1 aromatic heterocycles. The first-order valence-corrected chi connectivity index (χ1v) is 5.45. The largest absolute Gasteiger partial charge is 0.481 e. The summed E-state index contributed by atoms with van der Waals surface area (Å²) in [6, 6.07) is 0. The van der Waals surface area contributed by atoms with Crippen molar-refractivity contribution in [1.29, 1.82) is 0 Å². The molecule has 15 heavy (non-hydrogen) atoms. The zero-order valence-electron chi connectivity index (χ0n) is 8.53. The maximum atomic E-state index is 11.3. The van der Waals surface area contributed by atoms with Gasteiger partial charge in [0.05, 0.1) is 11.6 Å². The van der Waals surface area contributed by atoms with Crippen molar-refractivity contribution in [2.24, 2.45) is 0 Å². The average molecular weight is 229 g/mol. The summed E-state index contributed by atoms with van der Waals surface area (Å²) in [5, 5.41) is 13.8. The zero-order chi connectivity index (χ0) is 11.1. The Balaban J connectivity index is 2.43. The molecule has 0 amide bonds. The normalized spacial score (nSPS) is 18.5. The Morgan fingerprint density at radius 1 is 1.73 bits per heavy atom. The lowest BCUT2D eigenvalue weighted by Crippen LogP contribution is -2.42. The number of hydrogen-bond acceptors (Lipinski definition) is 2. The third-order valence-corrected chi connectivity index (χ3v) is 3.61. The van der Waals surface area contributed by atoms with E-state index in [-0.39, 0.29) is 0 Å². The molecule has 0 bridgehead atoms. The number of carboxylic acids is 1. The van der Waals surface area contributed by atoms with E-state index in [1.54, 1.807) is 10.9 Å². The predicted octanol–water partition coefficient (Wildman–Crippen LogP) is 2.06. The number of rotatable bonds is 3. The highest BCUT2D eigenvalue weighted by atomic mass is 35.5. The van der Waals surface area contributed by atoms with Crippen LogP contribution >= 0.6 is 11.6 Å². The lowest BCUT2D eigenvalue weighted by atomic mass is 9.65. The second kappa shape index (κ2) is 3.52. The van der Waals surface area contributed by atoms with Gasteiger partial charge in [0.15, 0.2) is 0 Å². The highest BCUT2D eigenvalue weighted by Gasteiger charge is 2.48. The topological polar surface area (TPSA) is 55.1 Å². The van der Waals surface area contributed by atoms with Crippen LogP contribution in [0.3, 0.4) is 0 Å². The Hall–Kier alpha value is -1.03. The van der Waals surface area contributed by atoms with Crippen LogP contribution in [0.4, 0.5) is 0 Å². The molecule has 1 N–H and O–H groups in total. The van der Waals surface area contributed by atoms with Crippen LogP contribution in [-0.2, 0) is 16.8 Å². The first-order valence-electron chi connectivity index (χ1n) is 5.07. The van der Waals surface area contributed by atoms with E-state index in [2.05, 4.69) is 5.10 Å². The van der Waals surface area contributed by atoms with Crippen LogP contribution in [0, 0.1) is 0 Å². The molecular formula is C10H13ClN2O2. The predicted molar refractivity (Wildman–Crippen MR) is 56.1 cm³/mol. The lowest BCUT2D eigenvalue weighted by Gasteiger charge is -2.37. The van der Waals surface area contributed by atoms with E-state index in [4.69, 9.17) is 11.6 Å². The van der Waals surface area contributed by atoms with Crippen LogP contribution in [0.1, 0.15) is 31.7 Å². The molecule has 0 aromatic carbocycles. The van der Waals surface area contributed by atoms with Gasteiger partial charge in [0.1, 0.15) is 5.15 Å². The molecular weight excluding hydrogens is 216 g/mol. The van der Waals surface area contributed by atoms with Crippen LogP contribution in [0.15, 0.2) is 6.20 Å². The summed E-state index contributed by atoms with van der Waals surface area (Å²) in [5.41, 5.74) is -0.102. The minimum absolute atomic E-state index is 0.472. The molecule has 0 unspecified atom stereocenters. The van der Waals surface area contributed by atoms with Gasteiger partial charge in [-0.3, -0.25) is 9.48 Å². The van der Waals surface area contributed by atoms with E-state index in [0.717, 1.165) is 6.42 Å². The van der Waals surface area contributed by atoms with Gasteiger partial charge in [-0.05, 0) is 19.8 Å². The first kappa shape index (κ1) is 10.5. The minimum atomic E-state index is -0.786. The number of carboxylic acid groups (broad SMARTS) is 1. The number of hydrogen-bond donors (Lipinski definition) is 1. The molecule has 0 spiro atoms. The SMILES string of the molecule is CCn1ncc(C2(C(=O)O)CCC2)c1Cl. The molecule has 1 fully saturated rings. The molecule has 1 saturated carbocycles. The highest BCUT2D eigenvalue weighted by molar-refractivity contribution is 6.30. The molecule has 1 aliphatic carbocycles. The van der Waals surface area contributed by atoms with Crippen LogP contribution in [0.25, 0.3) is 0 Å². The lowest BCUT2D eigenvalue weighted by molar-refractivity contribution is -0.147. The quantitative estimate of drug-likeness (QED) is 0.862. The Kier molecular flexibility index (Phi) is 2.46. The number of aliphatic carboxylic acids is 1. The molecule has 1 heterocycles. The van der Waals surface area contributed by atoms with Crippen LogP contribution in [-0.4, -0.2) is 20.9 Å². The van der Waals surface area contributed by atoms with E-state index < -0.39 is 11.4 Å². The smallest absolute Gasteiger partial charge is 0.314 e. The number of halogens is 1. The van der Waals surface area contributed by atoms with Crippen molar-refractivity contribution in [1.82, 2.24) is 9.78 Å². The van der Waals surface area contributed by atoms with Crippen molar-refractivity contribution < 1.29 is 9.90 Å². The number of nitrogens with zero attached hydrogens (tertiary/aromatic N) is 2. The van der Waals surface area contributed by atoms with Crippen molar-refractivity contribution in [2.75, 3.05) is 0 Å². The monoisotopic (exact) mass is 228 g/mol. The van der Waals surface area contributed by atoms with Crippen molar-refractivity contribution in [3.63, 3.8) is 0 Å². The molecule has 5 heteroatoms. The molecule has 0 atom stereocenters. The summed E-state index contributed by atoms with van der Waals surface area (Å²) in [4.78, 5) is 11.3. The minimum Gasteiger partial charge on any atom is -0.481 e. The summed E-state index contributed by atoms with van der Waals surface area (Å²) in [6.07, 6.45) is 3.87. The van der Waals surface area contributed by atoms with Crippen LogP contribution in [0.5, 0.6) is 0 Å². The fraction of sp³-hybridized carbons (Fsp3) is 0.600. The van der Waals surface area contributed by atoms with Gasteiger partial charge in [-0.1, -0.05) is 18.0 Å². The van der Waals surface area contributed by atoms with Crippen molar-refractivity contribution in [3.8, 4) is 0 Å². The zero-order valence-corrected chi connectivity index (χ0v) is 9.29. The summed E-state index contributed by atoms with van der Waals surface area (Å²) in [6.45, 7) is 2.59. The molecule has 0 saturated heterocycles. The highest BCUT2D eigenvalue weighted by Crippen LogP contribution is 2.46. The average Bonchev–Trinajstić information content (AvgIpc) is 2.46. The standard InChI is InChI=1S/C10H13ClN2O2/c1-2-13-8(11)7(6-12-13)10(9(14)15)4-3-5-10/h6H,2-5H2,1H3,(H,14,15). The van der Waals surface area contributed by atoms with Gasteiger partial charge in [0.2, 0.25) is 0 Å². The first-order chi connectivity index (χ1) is 7.12. The van der Waals surface area contributed by atoms with E-state index in [1.807, 2.05) is 6.92 Å². The van der Waals surface area contributed by atoms with Crippen LogP contribution < -0.4 is 0 Å². The van der Waals surface area contributed by atoms with Gasteiger partial charge in [-0.25, -0.2) is 0 Å². The summed E-state index contributed by atoms with van der Waals surface area (Å²) < 4.78 is 1.62. The van der Waals surface area contributed by atoms with E-state index in [9.17, 15) is 9.90 Å². The fourth-order valence-corrected chi connectivity index (χ4v) is 2.43. The van der Waals surface area contributed by atoms with E-state index in [1.165, 1.54) is 0 Å². The second-order valence-corrected chi connectivity index (χ2v) is 4.26. The molecule has 0 aliphatic heterocycles. The summed E-state index contributed by atoms with van der Waals surface area (Å²) in [7, 11) is 0. The van der Waals surface area contributed by atoms with Gasteiger partial charge in [0, 0.05) is 12.1 Å². The molecule has 1 aliphatic rings. The third kappa shape index (κ3) is 1.35. The second-order valence-electron chi connectivity index (χ2n) is 3.91. The van der Waals surface area contributed by atoms with Gasteiger partial charge in [-0.15, -0.1) is 0 Å². The summed E-state index contributed by atoms with van der Waals surface area (Å²) >= 11 is 6.10. The van der Waals surface area contributed by atoms with Gasteiger partial charge in [-0.2, -0.15) is 5.10 Å². The third-order valence-electron chi connectivity index (χ3n) is 3.21. The molecule has 0 radical (unpaired) electrons. The molecule has 82 valence electrons. The Morgan fingerprint density at radius 3 is 2.73 bits per heavy atom. The Bertz CT molecular complexity index is 396. The van der Waals surface area contributed by atoms with Gasteiger partial charge >= 0.3 is 5.97 Å². The maximum absolute atomic E-state index is 11.3. The number of carbonyl (C=O) groups is 1. The van der Waals surface area contributed by atoms with Crippen molar-refractivity contribution >= 4 is 17.6 Å². The fourth-order valence-electron chi connectivity index (χ4n) is 2.04. The molecule has 4 nitrogen and oxygen atoms in total. The van der Waals surface area contributed by atoms with Gasteiger partial charge in [0.25, 0.3) is 0 Å². The molecule has 1 aromatic rings. The number of aromatic nitrogens is 2. The van der Waals surface area contributed by atoms with E-state index in [0.29, 0.717) is 30.1 Å². The Morgan fingerprint density at radius 2 is 2.40 bits per heavy atom. The summed E-state index contributed by atoms with van der Waals surface area (Å²) in [5.74, 6) is -0.786. The Labute approximate surface area is 92.8 Å². The van der Waals surface area contributed by atoms with Gasteiger partial charge < -0.3 is 5.11 Å². The number of aryl methyl sites for hydroxylation is 1. The van der Waals surface area contributed by atoms with Crippen LogP contribution in [0.2, 0.25) is 5.15 Å². The van der Waals surface area contributed by atoms with Crippen molar-refractivity contribution in [2.45, 2.75) is 38.1 Å².